The zero-order valence-electron chi connectivity index (χ0n) is 12.4. The van der Waals surface area contributed by atoms with Gasteiger partial charge < -0.3 is 15.6 Å². The van der Waals surface area contributed by atoms with Crippen LogP contribution in [0.3, 0.4) is 0 Å². The van der Waals surface area contributed by atoms with Crippen molar-refractivity contribution in [2.24, 2.45) is 5.92 Å². The highest BCUT2D eigenvalue weighted by Crippen LogP contribution is 2.35. The van der Waals surface area contributed by atoms with Crippen molar-refractivity contribution in [3.8, 4) is 0 Å². The van der Waals surface area contributed by atoms with E-state index in [0.717, 1.165) is 30.5 Å². The number of nitrogen functional groups attached to an aromatic ring is 1. The van der Waals surface area contributed by atoms with Crippen LogP contribution in [0.15, 0.2) is 6.33 Å². The van der Waals surface area contributed by atoms with Gasteiger partial charge in [-0.1, -0.05) is 20.3 Å². The topological polar surface area (TPSA) is 99.1 Å². The summed E-state index contributed by atoms with van der Waals surface area (Å²) >= 11 is 0. The number of fused-ring (bicyclic) bond motifs is 1. The number of aliphatic hydroxyl groups is 1. The van der Waals surface area contributed by atoms with Crippen molar-refractivity contribution in [1.82, 2.24) is 19.5 Å². The van der Waals surface area contributed by atoms with Crippen LogP contribution in [0.5, 0.6) is 0 Å². The number of nitrogens with zero attached hydrogens (tertiary/aromatic N) is 4. The Hall–Kier alpha value is -1.73. The average Bonchev–Trinajstić information content (AvgIpc) is 3.02. The first-order chi connectivity index (χ1) is 10.1. The lowest BCUT2D eigenvalue weighted by Gasteiger charge is -2.17. The minimum atomic E-state index is -0.170. The van der Waals surface area contributed by atoms with Gasteiger partial charge in [0.25, 0.3) is 0 Å². The number of aliphatic hydroxyl groups excluding tert-OH is 1. The molecule has 0 aliphatic carbocycles. The number of anilines is 1. The molecule has 0 spiro atoms. The van der Waals surface area contributed by atoms with Crippen molar-refractivity contribution in [2.45, 2.75) is 45.4 Å². The summed E-state index contributed by atoms with van der Waals surface area (Å²) in [7, 11) is 0. The van der Waals surface area contributed by atoms with E-state index >= 15 is 0 Å². The van der Waals surface area contributed by atoms with Gasteiger partial charge in [0.1, 0.15) is 11.7 Å². The molecule has 1 aliphatic rings. The van der Waals surface area contributed by atoms with Crippen LogP contribution in [-0.2, 0) is 11.2 Å². The van der Waals surface area contributed by atoms with Gasteiger partial charge in [0.2, 0.25) is 5.95 Å². The normalized spacial score (nSPS) is 25.8. The van der Waals surface area contributed by atoms with Crippen LogP contribution in [0.25, 0.3) is 11.2 Å². The Morgan fingerprint density at radius 3 is 2.95 bits per heavy atom. The molecule has 21 heavy (non-hydrogen) atoms. The Labute approximate surface area is 123 Å². The second kappa shape index (κ2) is 5.57. The molecule has 3 heterocycles. The van der Waals surface area contributed by atoms with Crippen LogP contribution >= 0.6 is 0 Å². The molecule has 7 nitrogen and oxygen atoms in total. The van der Waals surface area contributed by atoms with Gasteiger partial charge in [0.05, 0.1) is 24.7 Å². The smallest absolute Gasteiger partial charge is 0.222 e. The van der Waals surface area contributed by atoms with E-state index in [1.165, 1.54) is 0 Å². The molecule has 2 aromatic rings. The molecule has 1 saturated heterocycles. The van der Waals surface area contributed by atoms with E-state index in [2.05, 4.69) is 28.8 Å². The third kappa shape index (κ3) is 2.47. The summed E-state index contributed by atoms with van der Waals surface area (Å²) in [5, 5.41) is 9.28. The van der Waals surface area contributed by atoms with Gasteiger partial charge in [0, 0.05) is 5.92 Å². The summed E-state index contributed by atoms with van der Waals surface area (Å²) in [6, 6.07) is 0. The molecule has 3 unspecified atom stereocenters. The molecule has 3 atom stereocenters. The molecule has 1 aliphatic heterocycles. The molecule has 2 aromatic heterocycles. The second-order valence-corrected chi connectivity index (χ2v) is 5.65. The van der Waals surface area contributed by atoms with E-state index in [1.54, 1.807) is 6.33 Å². The predicted octanol–water partition coefficient (Wildman–Crippen LogP) is 1.28. The second-order valence-electron chi connectivity index (χ2n) is 5.65. The summed E-state index contributed by atoms with van der Waals surface area (Å²) in [6.45, 7) is 4.23. The fourth-order valence-electron chi connectivity index (χ4n) is 2.97. The molecule has 7 heteroatoms. The first-order valence-electron chi connectivity index (χ1n) is 7.39. The Balaban J connectivity index is 2.04. The fraction of sp³-hybridized carbons (Fsp3) is 0.643. The maximum atomic E-state index is 9.28. The van der Waals surface area contributed by atoms with Crippen LogP contribution in [-0.4, -0.2) is 37.3 Å². The summed E-state index contributed by atoms with van der Waals surface area (Å²) in [5.74, 6) is 0.544. The molecular formula is C14H21N5O2. The van der Waals surface area contributed by atoms with E-state index in [9.17, 15) is 5.11 Å². The van der Waals surface area contributed by atoms with Gasteiger partial charge >= 0.3 is 0 Å². The Morgan fingerprint density at radius 1 is 1.48 bits per heavy atom. The Kier molecular flexibility index (Phi) is 3.77. The quantitative estimate of drug-likeness (QED) is 0.880. The molecule has 3 N–H and O–H groups in total. The molecule has 0 amide bonds. The van der Waals surface area contributed by atoms with Crippen molar-refractivity contribution < 1.29 is 9.84 Å². The van der Waals surface area contributed by atoms with Crippen LogP contribution in [0.1, 0.15) is 38.6 Å². The summed E-state index contributed by atoms with van der Waals surface area (Å²) in [5.41, 5.74) is 8.20. The lowest BCUT2D eigenvalue weighted by atomic mass is 10.1. The first-order valence-corrected chi connectivity index (χ1v) is 7.39. The number of hydrogen-bond donors (Lipinski definition) is 2. The van der Waals surface area contributed by atoms with Crippen LogP contribution in [0, 0.1) is 5.92 Å². The molecule has 0 saturated carbocycles. The van der Waals surface area contributed by atoms with E-state index in [0.29, 0.717) is 5.65 Å². The molecule has 114 valence electrons. The highest BCUT2D eigenvalue weighted by Gasteiger charge is 2.34. The maximum Gasteiger partial charge on any atom is 0.222 e. The van der Waals surface area contributed by atoms with Gasteiger partial charge in [-0.2, -0.15) is 4.98 Å². The SMILES string of the molecule is CCCc1nc(N)nc2c1ncn2C1OC(CO)CC1C. The van der Waals surface area contributed by atoms with E-state index in [-0.39, 0.29) is 30.8 Å². The first kappa shape index (κ1) is 14.2. The number of hydrogen-bond acceptors (Lipinski definition) is 6. The Morgan fingerprint density at radius 2 is 2.29 bits per heavy atom. The van der Waals surface area contributed by atoms with Crippen molar-refractivity contribution in [2.75, 3.05) is 12.3 Å². The number of rotatable bonds is 4. The fourth-order valence-corrected chi connectivity index (χ4v) is 2.97. The number of ether oxygens (including phenoxy) is 1. The highest BCUT2D eigenvalue weighted by molar-refractivity contribution is 5.74. The predicted molar refractivity (Wildman–Crippen MR) is 78.5 cm³/mol. The van der Waals surface area contributed by atoms with Crippen LogP contribution < -0.4 is 5.73 Å². The zero-order chi connectivity index (χ0) is 15.0. The lowest BCUT2D eigenvalue weighted by Crippen LogP contribution is -2.16. The largest absolute Gasteiger partial charge is 0.394 e. The van der Waals surface area contributed by atoms with Crippen molar-refractivity contribution >= 4 is 17.1 Å². The number of aromatic nitrogens is 4. The van der Waals surface area contributed by atoms with Gasteiger partial charge in [-0.25, -0.2) is 9.97 Å². The molecule has 0 bridgehead atoms. The summed E-state index contributed by atoms with van der Waals surface area (Å²) in [6.07, 6.45) is 4.05. The van der Waals surface area contributed by atoms with Crippen molar-refractivity contribution in [3.05, 3.63) is 12.0 Å². The van der Waals surface area contributed by atoms with Crippen LogP contribution in [0.2, 0.25) is 0 Å². The van der Waals surface area contributed by atoms with Gasteiger partial charge in [-0.05, 0) is 12.8 Å². The number of aryl methyl sites for hydroxylation is 1. The number of imidazole rings is 1. The third-order valence-corrected chi connectivity index (χ3v) is 3.93. The van der Waals surface area contributed by atoms with Crippen molar-refractivity contribution in [1.29, 1.82) is 0 Å². The van der Waals surface area contributed by atoms with Gasteiger partial charge in [-0.3, -0.25) is 4.57 Å². The molecular weight excluding hydrogens is 270 g/mol. The monoisotopic (exact) mass is 291 g/mol. The van der Waals surface area contributed by atoms with Crippen LogP contribution in [0.4, 0.5) is 5.95 Å². The molecule has 3 rings (SSSR count). The summed E-state index contributed by atoms with van der Waals surface area (Å²) in [4.78, 5) is 13.1. The number of nitrogens with two attached hydrogens (primary N) is 1. The zero-order valence-corrected chi connectivity index (χ0v) is 12.4. The minimum absolute atomic E-state index is 0.0334. The average molecular weight is 291 g/mol. The lowest BCUT2D eigenvalue weighted by molar-refractivity contribution is -0.0294. The molecule has 1 fully saturated rings. The highest BCUT2D eigenvalue weighted by atomic mass is 16.5. The van der Waals surface area contributed by atoms with E-state index < -0.39 is 0 Å². The Bertz CT molecular complexity index is 642. The van der Waals surface area contributed by atoms with Gasteiger partial charge in [0.15, 0.2) is 5.65 Å². The molecule has 0 radical (unpaired) electrons. The summed E-state index contributed by atoms with van der Waals surface area (Å²) < 4.78 is 7.80. The van der Waals surface area contributed by atoms with Gasteiger partial charge in [-0.15, -0.1) is 0 Å². The molecule has 0 aromatic carbocycles. The minimum Gasteiger partial charge on any atom is -0.394 e. The van der Waals surface area contributed by atoms with E-state index in [4.69, 9.17) is 10.5 Å². The third-order valence-electron chi connectivity index (χ3n) is 3.93. The van der Waals surface area contributed by atoms with E-state index in [1.807, 2.05) is 4.57 Å². The van der Waals surface area contributed by atoms with Crippen molar-refractivity contribution in [3.63, 3.8) is 0 Å². The maximum absolute atomic E-state index is 9.28. The standard InChI is InChI=1S/C14H21N5O2/c1-3-4-10-11-12(18-14(15)17-10)19(7-16-11)13-8(2)5-9(6-20)21-13/h7-9,13,20H,3-6H2,1-2H3,(H2,15,17,18).